The van der Waals surface area contributed by atoms with Crippen molar-refractivity contribution in [2.75, 3.05) is 6.61 Å². The Hall–Kier alpha value is -3.34. The third kappa shape index (κ3) is 3.69. The summed E-state index contributed by atoms with van der Waals surface area (Å²) in [7, 11) is 0. The molecule has 0 atom stereocenters. The second kappa shape index (κ2) is 8.13. The smallest absolute Gasteiger partial charge is 0.308 e. The van der Waals surface area contributed by atoms with Crippen molar-refractivity contribution < 1.29 is 23.8 Å². The molecule has 144 valence electrons. The lowest BCUT2D eigenvalue weighted by Crippen LogP contribution is -2.09. The van der Waals surface area contributed by atoms with Crippen molar-refractivity contribution in [2.24, 2.45) is 0 Å². The van der Waals surface area contributed by atoms with Crippen LogP contribution in [0.3, 0.4) is 0 Å². The Balaban J connectivity index is 2.47. The summed E-state index contributed by atoms with van der Waals surface area (Å²) in [5, 5.41) is 1.34. The van der Waals surface area contributed by atoms with Gasteiger partial charge >= 0.3 is 11.9 Å². The van der Waals surface area contributed by atoms with Crippen LogP contribution in [0, 0.1) is 6.92 Å². The molecule has 0 N–H and O–H groups in total. The van der Waals surface area contributed by atoms with E-state index in [-0.39, 0.29) is 0 Å². The molecule has 3 aromatic rings. The highest BCUT2D eigenvalue weighted by atomic mass is 16.6. The minimum absolute atomic E-state index is 0.329. The van der Waals surface area contributed by atoms with Gasteiger partial charge in [-0.3, -0.25) is 9.59 Å². The highest BCUT2D eigenvalue weighted by Gasteiger charge is 2.24. The molecule has 0 saturated heterocycles. The van der Waals surface area contributed by atoms with Gasteiger partial charge in [-0.2, -0.15) is 0 Å². The maximum Gasteiger partial charge on any atom is 0.308 e. The van der Waals surface area contributed by atoms with E-state index in [0.717, 1.165) is 11.1 Å². The molecule has 3 aromatic carbocycles. The fraction of sp³-hybridized carbons (Fsp3) is 0.217. The Morgan fingerprint density at radius 2 is 1.46 bits per heavy atom. The van der Waals surface area contributed by atoms with E-state index in [1.807, 2.05) is 55.5 Å². The zero-order valence-electron chi connectivity index (χ0n) is 16.4. The normalized spacial score (nSPS) is 10.6. The van der Waals surface area contributed by atoms with E-state index in [9.17, 15) is 9.59 Å². The molecule has 0 saturated carbocycles. The van der Waals surface area contributed by atoms with Crippen LogP contribution in [0.25, 0.3) is 21.9 Å². The molecule has 0 bridgehead atoms. The first-order chi connectivity index (χ1) is 13.4. The molecule has 0 aliphatic heterocycles. The summed E-state index contributed by atoms with van der Waals surface area (Å²) < 4.78 is 16.9. The maximum absolute atomic E-state index is 11.8. The lowest BCUT2D eigenvalue weighted by molar-refractivity contribution is -0.133. The second-order valence-electron chi connectivity index (χ2n) is 6.33. The molecular weight excluding hydrogens is 356 g/mol. The summed E-state index contributed by atoms with van der Waals surface area (Å²) in [6.45, 7) is 6.71. The third-order valence-electron chi connectivity index (χ3n) is 4.29. The lowest BCUT2D eigenvalue weighted by Gasteiger charge is -2.20. The van der Waals surface area contributed by atoms with Crippen molar-refractivity contribution in [3.63, 3.8) is 0 Å². The van der Waals surface area contributed by atoms with Crippen LogP contribution in [0.15, 0.2) is 48.5 Å². The van der Waals surface area contributed by atoms with E-state index >= 15 is 0 Å². The van der Waals surface area contributed by atoms with Gasteiger partial charge in [0, 0.05) is 30.2 Å². The van der Waals surface area contributed by atoms with Crippen molar-refractivity contribution in [3.05, 3.63) is 54.1 Å². The van der Waals surface area contributed by atoms with E-state index in [1.165, 1.54) is 13.8 Å². The van der Waals surface area contributed by atoms with Gasteiger partial charge in [0.05, 0.1) is 6.61 Å². The standard InChI is InChI=1S/C23H22O5/c1-5-26-22-14(2)21(27-15(3)24)20-18(17-10-7-6-8-11-17)12-9-13-19(20)23(22)28-16(4)25/h6-13H,5H2,1-4H3. The molecule has 0 radical (unpaired) electrons. The fourth-order valence-electron chi connectivity index (χ4n) is 3.26. The summed E-state index contributed by atoms with van der Waals surface area (Å²) in [5.74, 6) is 0.241. The zero-order chi connectivity index (χ0) is 20.3. The highest BCUT2D eigenvalue weighted by Crippen LogP contribution is 2.48. The van der Waals surface area contributed by atoms with Crippen LogP contribution in [0.4, 0.5) is 0 Å². The van der Waals surface area contributed by atoms with E-state index in [2.05, 4.69) is 0 Å². The van der Waals surface area contributed by atoms with Gasteiger partial charge in [-0.05, 0) is 25.0 Å². The van der Waals surface area contributed by atoms with Gasteiger partial charge in [-0.1, -0.05) is 48.5 Å². The molecule has 0 unspecified atom stereocenters. The highest BCUT2D eigenvalue weighted by molar-refractivity contribution is 6.07. The number of carbonyl (C=O) groups is 2. The van der Waals surface area contributed by atoms with Gasteiger partial charge in [0.1, 0.15) is 5.75 Å². The van der Waals surface area contributed by atoms with Crippen molar-refractivity contribution in [2.45, 2.75) is 27.7 Å². The summed E-state index contributed by atoms with van der Waals surface area (Å²) in [4.78, 5) is 23.6. The van der Waals surface area contributed by atoms with E-state index in [1.54, 1.807) is 6.92 Å². The molecule has 5 nitrogen and oxygen atoms in total. The number of esters is 2. The number of hydrogen-bond acceptors (Lipinski definition) is 5. The predicted molar refractivity (Wildman–Crippen MR) is 108 cm³/mol. The number of hydrogen-bond donors (Lipinski definition) is 0. The van der Waals surface area contributed by atoms with Crippen LogP contribution in [-0.4, -0.2) is 18.5 Å². The number of carbonyl (C=O) groups excluding carboxylic acids is 2. The second-order valence-corrected chi connectivity index (χ2v) is 6.33. The fourth-order valence-corrected chi connectivity index (χ4v) is 3.26. The van der Waals surface area contributed by atoms with Crippen molar-refractivity contribution in [3.8, 4) is 28.4 Å². The SMILES string of the molecule is CCOc1c(C)c(OC(C)=O)c2c(-c3ccccc3)cccc2c1OC(C)=O. The topological polar surface area (TPSA) is 61.8 Å². The molecule has 0 spiro atoms. The van der Waals surface area contributed by atoms with Crippen LogP contribution in [0.2, 0.25) is 0 Å². The summed E-state index contributed by atoms with van der Waals surface area (Å²) in [6.07, 6.45) is 0. The monoisotopic (exact) mass is 378 g/mol. The van der Waals surface area contributed by atoms with Gasteiger partial charge in [-0.15, -0.1) is 0 Å². The average molecular weight is 378 g/mol. The van der Waals surface area contributed by atoms with Gasteiger partial charge in [0.2, 0.25) is 0 Å². The first-order valence-electron chi connectivity index (χ1n) is 9.08. The van der Waals surface area contributed by atoms with Crippen LogP contribution >= 0.6 is 0 Å². The molecular formula is C23H22O5. The third-order valence-corrected chi connectivity index (χ3v) is 4.29. The molecule has 28 heavy (non-hydrogen) atoms. The van der Waals surface area contributed by atoms with Crippen LogP contribution in [0.1, 0.15) is 26.3 Å². The Morgan fingerprint density at radius 3 is 2.07 bits per heavy atom. The maximum atomic E-state index is 11.8. The van der Waals surface area contributed by atoms with E-state index < -0.39 is 11.9 Å². The van der Waals surface area contributed by atoms with Gasteiger partial charge < -0.3 is 14.2 Å². The Kier molecular flexibility index (Phi) is 5.64. The first-order valence-corrected chi connectivity index (χ1v) is 9.08. The van der Waals surface area contributed by atoms with Crippen LogP contribution in [0.5, 0.6) is 17.2 Å². The molecule has 0 fully saturated rings. The minimum Gasteiger partial charge on any atom is -0.490 e. The van der Waals surface area contributed by atoms with Crippen LogP contribution in [-0.2, 0) is 9.59 Å². The zero-order valence-corrected chi connectivity index (χ0v) is 16.4. The van der Waals surface area contributed by atoms with Gasteiger partial charge in [0.25, 0.3) is 0 Å². The van der Waals surface area contributed by atoms with Crippen molar-refractivity contribution in [1.82, 2.24) is 0 Å². The lowest BCUT2D eigenvalue weighted by atomic mass is 9.94. The molecule has 0 aliphatic carbocycles. The Labute approximate surface area is 163 Å². The summed E-state index contributed by atoms with van der Waals surface area (Å²) >= 11 is 0. The van der Waals surface area contributed by atoms with Crippen molar-refractivity contribution >= 4 is 22.7 Å². The first kappa shape index (κ1) is 19.4. The molecule has 0 aliphatic rings. The predicted octanol–water partition coefficient (Wildman–Crippen LogP) is 5.06. The molecule has 3 rings (SSSR count). The van der Waals surface area contributed by atoms with E-state index in [4.69, 9.17) is 14.2 Å². The van der Waals surface area contributed by atoms with Gasteiger partial charge in [0.15, 0.2) is 11.5 Å². The van der Waals surface area contributed by atoms with E-state index in [0.29, 0.717) is 40.2 Å². The van der Waals surface area contributed by atoms with Gasteiger partial charge in [-0.25, -0.2) is 0 Å². The molecule has 0 heterocycles. The number of fused-ring (bicyclic) bond motifs is 1. The molecule has 0 aromatic heterocycles. The average Bonchev–Trinajstić information content (AvgIpc) is 2.67. The number of ether oxygens (including phenoxy) is 3. The number of rotatable bonds is 5. The van der Waals surface area contributed by atoms with Crippen molar-refractivity contribution in [1.29, 1.82) is 0 Å². The largest absolute Gasteiger partial charge is 0.490 e. The number of benzene rings is 3. The molecule has 0 amide bonds. The Morgan fingerprint density at radius 1 is 0.821 bits per heavy atom. The minimum atomic E-state index is -0.452. The summed E-state index contributed by atoms with van der Waals surface area (Å²) in [6, 6.07) is 15.4. The molecule has 5 heteroatoms. The van der Waals surface area contributed by atoms with Crippen LogP contribution < -0.4 is 14.2 Å². The Bertz CT molecular complexity index is 1040. The quantitative estimate of drug-likeness (QED) is 0.458. The summed E-state index contributed by atoms with van der Waals surface area (Å²) in [5.41, 5.74) is 2.43.